The van der Waals surface area contributed by atoms with Crippen LogP contribution in [0.5, 0.6) is 0 Å². The number of rotatable bonds is 4. The Morgan fingerprint density at radius 1 is 1.05 bits per heavy atom. The van der Waals surface area contributed by atoms with Crippen LogP contribution in [-0.2, 0) is 19.6 Å². The Balaban J connectivity index is 1.73. The van der Waals surface area contributed by atoms with Crippen LogP contribution >= 0.6 is 0 Å². The van der Waals surface area contributed by atoms with E-state index in [1.807, 2.05) is 0 Å². The molecule has 1 saturated carbocycles. The van der Waals surface area contributed by atoms with Crippen molar-refractivity contribution < 1.29 is 23.1 Å². The fraction of sp³-hybridized carbons (Fsp3) is 0.929. The van der Waals surface area contributed by atoms with Crippen molar-refractivity contribution in [1.82, 2.24) is 9.21 Å². The summed E-state index contributed by atoms with van der Waals surface area (Å²) in [5.41, 5.74) is 0. The third kappa shape index (κ3) is 3.45. The zero-order chi connectivity index (χ0) is 15.7. The van der Waals surface area contributed by atoms with E-state index in [0.29, 0.717) is 51.7 Å². The van der Waals surface area contributed by atoms with Gasteiger partial charge < -0.3 is 9.84 Å². The number of nitrogens with zero attached hydrogens (tertiary/aromatic N) is 2. The van der Waals surface area contributed by atoms with E-state index in [9.17, 15) is 18.3 Å². The number of carbonyl (C=O) groups is 1. The first-order chi connectivity index (χ1) is 10.5. The maximum atomic E-state index is 12.4. The van der Waals surface area contributed by atoms with Gasteiger partial charge in [-0.2, -0.15) is 4.31 Å². The van der Waals surface area contributed by atoms with Crippen molar-refractivity contribution in [2.45, 2.75) is 37.0 Å². The molecule has 1 unspecified atom stereocenters. The molecule has 0 aromatic carbocycles. The first kappa shape index (κ1) is 16.2. The van der Waals surface area contributed by atoms with Crippen molar-refractivity contribution in [3.8, 4) is 0 Å². The van der Waals surface area contributed by atoms with Crippen molar-refractivity contribution in [1.29, 1.82) is 0 Å². The lowest BCUT2D eigenvalue weighted by atomic mass is 10.0. The van der Waals surface area contributed by atoms with Crippen LogP contribution in [0.25, 0.3) is 0 Å². The number of carboxylic acid groups (broad SMARTS) is 1. The van der Waals surface area contributed by atoms with E-state index in [0.717, 1.165) is 12.8 Å². The van der Waals surface area contributed by atoms with Gasteiger partial charge in [0.25, 0.3) is 0 Å². The highest BCUT2D eigenvalue weighted by Gasteiger charge is 2.43. The second-order valence-corrected chi connectivity index (χ2v) is 8.69. The Kier molecular flexibility index (Phi) is 4.72. The second-order valence-electron chi connectivity index (χ2n) is 6.48. The lowest BCUT2D eigenvalue weighted by molar-refractivity contribution is -0.142. The molecule has 0 aromatic rings. The third-order valence-electron chi connectivity index (χ3n) is 4.88. The summed E-state index contributed by atoms with van der Waals surface area (Å²) in [5, 5.41) is 9.16. The van der Waals surface area contributed by atoms with Gasteiger partial charge in [0.15, 0.2) is 0 Å². The molecule has 2 aliphatic heterocycles. The Labute approximate surface area is 131 Å². The fourth-order valence-electron chi connectivity index (χ4n) is 3.36. The van der Waals surface area contributed by atoms with E-state index in [1.165, 1.54) is 4.31 Å². The van der Waals surface area contributed by atoms with Crippen LogP contribution in [0.3, 0.4) is 0 Å². The molecule has 22 heavy (non-hydrogen) atoms. The summed E-state index contributed by atoms with van der Waals surface area (Å²) in [6.45, 7) is 2.94. The minimum Gasteiger partial charge on any atom is -0.481 e. The van der Waals surface area contributed by atoms with Crippen LogP contribution in [0.4, 0.5) is 0 Å². The van der Waals surface area contributed by atoms with E-state index in [2.05, 4.69) is 4.90 Å². The average molecular weight is 332 g/mol. The van der Waals surface area contributed by atoms with Crippen LogP contribution in [-0.4, -0.2) is 79.4 Å². The number of ether oxygens (including phenoxy) is 1. The number of sulfonamides is 1. The average Bonchev–Trinajstić information content (AvgIpc) is 3.34. The molecule has 8 heteroatoms. The molecule has 0 spiro atoms. The quantitative estimate of drug-likeness (QED) is 0.778. The lowest BCUT2D eigenvalue weighted by Crippen LogP contribution is -2.43. The molecular formula is C14H24N2O5S. The highest BCUT2D eigenvalue weighted by atomic mass is 32.2. The van der Waals surface area contributed by atoms with E-state index >= 15 is 0 Å². The van der Waals surface area contributed by atoms with Gasteiger partial charge in [0.05, 0.1) is 11.2 Å². The number of carboxylic acids is 1. The van der Waals surface area contributed by atoms with Gasteiger partial charge in [-0.15, -0.1) is 0 Å². The molecule has 3 rings (SSSR count). The van der Waals surface area contributed by atoms with E-state index in [1.54, 1.807) is 0 Å². The Bertz CT molecular complexity index is 513. The molecule has 1 atom stereocenters. The van der Waals surface area contributed by atoms with Gasteiger partial charge in [-0.25, -0.2) is 8.42 Å². The summed E-state index contributed by atoms with van der Waals surface area (Å²) in [6.07, 6.45) is 3.20. The molecule has 3 fully saturated rings. The Morgan fingerprint density at radius 2 is 1.73 bits per heavy atom. The predicted octanol–water partition coefficient (Wildman–Crippen LogP) is -0.0240. The van der Waals surface area contributed by atoms with Gasteiger partial charge in [-0.05, 0) is 25.7 Å². The molecule has 2 heterocycles. The summed E-state index contributed by atoms with van der Waals surface area (Å²) in [6, 6.07) is 0.305. The largest absolute Gasteiger partial charge is 0.481 e. The first-order valence-corrected chi connectivity index (χ1v) is 9.52. The van der Waals surface area contributed by atoms with Gasteiger partial charge in [0.2, 0.25) is 10.0 Å². The molecule has 1 aliphatic carbocycles. The van der Waals surface area contributed by atoms with Crippen molar-refractivity contribution >= 4 is 16.0 Å². The number of aliphatic carboxylic acids is 1. The van der Waals surface area contributed by atoms with Crippen molar-refractivity contribution in [2.75, 3.05) is 39.4 Å². The van der Waals surface area contributed by atoms with Gasteiger partial charge >= 0.3 is 5.97 Å². The summed E-state index contributed by atoms with van der Waals surface area (Å²) >= 11 is 0. The van der Waals surface area contributed by atoms with Crippen LogP contribution in [0.15, 0.2) is 0 Å². The molecule has 0 aromatic heterocycles. The van der Waals surface area contributed by atoms with E-state index in [4.69, 9.17) is 4.74 Å². The lowest BCUT2D eigenvalue weighted by Gasteiger charge is -2.34. The van der Waals surface area contributed by atoms with Gasteiger partial charge in [-0.3, -0.25) is 9.69 Å². The van der Waals surface area contributed by atoms with Crippen molar-refractivity contribution in [3.05, 3.63) is 0 Å². The Morgan fingerprint density at radius 3 is 2.32 bits per heavy atom. The minimum atomic E-state index is -3.31. The molecule has 126 valence electrons. The fourth-order valence-corrected chi connectivity index (χ4v) is 5.23. The summed E-state index contributed by atoms with van der Waals surface area (Å²) < 4.78 is 31.7. The SMILES string of the molecule is O=C(O)C1CN(C2CCOCC2)CCN(S(=O)(=O)C2CC2)C1. The maximum Gasteiger partial charge on any atom is 0.309 e. The second kappa shape index (κ2) is 6.43. The molecule has 0 bridgehead atoms. The summed E-state index contributed by atoms with van der Waals surface area (Å²) in [4.78, 5) is 13.7. The van der Waals surface area contributed by atoms with E-state index in [-0.39, 0.29) is 11.8 Å². The molecule has 3 aliphatic rings. The van der Waals surface area contributed by atoms with Gasteiger partial charge in [0.1, 0.15) is 0 Å². The molecule has 7 nitrogen and oxygen atoms in total. The minimum absolute atomic E-state index is 0.105. The van der Waals surface area contributed by atoms with E-state index < -0.39 is 21.9 Å². The third-order valence-corrected chi connectivity index (χ3v) is 7.24. The van der Waals surface area contributed by atoms with Gasteiger partial charge in [0, 0.05) is 45.4 Å². The zero-order valence-electron chi connectivity index (χ0n) is 12.7. The number of hydrogen-bond acceptors (Lipinski definition) is 5. The maximum absolute atomic E-state index is 12.4. The monoisotopic (exact) mass is 332 g/mol. The normalized spacial score (nSPS) is 30.1. The van der Waals surface area contributed by atoms with Crippen LogP contribution in [0.1, 0.15) is 25.7 Å². The zero-order valence-corrected chi connectivity index (χ0v) is 13.5. The highest BCUT2D eigenvalue weighted by molar-refractivity contribution is 7.90. The molecule has 0 radical (unpaired) electrons. The van der Waals surface area contributed by atoms with Crippen molar-refractivity contribution in [2.24, 2.45) is 5.92 Å². The summed E-state index contributed by atoms with van der Waals surface area (Å²) in [5.74, 6) is -1.56. The summed E-state index contributed by atoms with van der Waals surface area (Å²) in [7, 11) is -3.31. The van der Waals surface area contributed by atoms with Gasteiger partial charge in [-0.1, -0.05) is 0 Å². The topological polar surface area (TPSA) is 87.2 Å². The standard InChI is InChI=1S/C14H24N2O5S/c17-14(18)11-9-15(12-3-7-21-8-4-12)5-6-16(10-11)22(19,20)13-1-2-13/h11-13H,1-10H2,(H,17,18). The first-order valence-electron chi connectivity index (χ1n) is 8.02. The molecule has 2 saturated heterocycles. The van der Waals surface area contributed by atoms with Crippen LogP contribution in [0, 0.1) is 5.92 Å². The van der Waals surface area contributed by atoms with Crippen LogP contribution < -0.4 is 0 Å². The molecular weight excluding hydrogens is 308 g/mol. The molecule has 0 amide bonds. The smallest absolute Gasteiger partial charge is 0.309 e. The van der Waals surface area contributed by atoms with Crippen molar-refractivity contribution in [3.63, 3.8) is 0 Å². The highest BCUT2D eigenvalue weighted by Crippen LogP contribution is 2.32. The Hall–Kier alpha value is -0.700. The number of hydrogen-bond donors (Lipinski definition) is 1. The molecule has 1 N–H and O–H groups in total. The van der Waals surface area contributed by atoms with Crippen LogP contribution in [0.2, 0.25) is 0 Å². The predicted molar refractivity (Wildman–Crippen MR) is 80.1 cm³/mol.